The summed E-state index contributed by atoms with van der Waals surface area (Å²) < 4.78 is 13.6. The molecule has 1 aliphatic heterocycles. The Hall–Kier alpha value is -1.40. The van der Waals surface area contributed by atoms with Gasteiger partial charge in [-0.15, -0.1) is 0 Å². The minimum atomic E-state index is -0.365. The molecule has 0 saturated carbocycles. The quantitative estimate of drug-likeness (QED) is 0.501. The van der Waals surface area contributed by atoms with Crippen LogP contribution in [-0.4, -0.2) is 10.2 Å². The van der Waals surface area contributed by atoms with Crippen LogP contribution in [0.1, 0.15) is 5.56 Å². The first kappa shape index (κ1) is 16.5. The minimum absolute atomic E-state index is 0.289. The Balaban J connectivity index is 1.97. The van der Waals surface area contributed by atoms with Crippen LogP contribution < -0.4 is 4.90 Å². The summed E-state index contributed by atoms with van der Waals surface area (Å²) in [5.41, 5.74) is 1.10. The molecule has 3 rings (SSSR count). The third-order valence-corrected chi connectivity index (χ3v) is 4.78. The Morgan fingerprint density at radius 2 is 1.83 bits per heavy atom. The van der Waals surface area contributed by atoms with Crippen LogP contribution in [0.25, 0.3) is 6.08 Å². The van der Waals surface area contributed by atoms with Crippen LogP contribution in [0.15, 0.2) is 47.4 Å². The predicted octanol–water partition coefficient (Wildman–Crippen LogP) is 5.54. The molecule has 0 spiro atoms. The van der Waals surface area contributed by atoms with E-state index in [1.807, 2.05) is 0 Å². The molecule has 0 aliphatic carbocycles. The molecule has 0 radical (unpaired) electrons. The van der Waals surface area contributed by atoms with Gasteiger partial charge in [0.05, 0.1) is 10.6 Å². The van der Waals surface area contributed by atoms with E-state index in [2.05, 4.69) is 0 Å². The number of carbonyl (C=O) groups excluding carboxylic acids is 1. The molecule has 0 aromatic heterocycles. The van der Waals surface area contributed by atoms with Gasteiger partial charge in [-0.05, 0) is 42.0 Å². The number of halogens is 3. The second-order valence-electron chi connectivity index (χ2n) is 4.70. The van der Waals surface area contributed by atoms with Crippen molar-refractivity contribution in [2.24, 2.45) is 0 Å². The van der Waals surface area contributed by atoms with Gasteiger partial charge in [0.25, 0.3) is 5.91 Å². The zero-order valence-corrected chi connectivity index (χ0v) is 14.6. The van der Waals surface area contributed by atoms with Crippen LogP contribution in [0.3, 0.4) is 0 Å². The summed E-state index contributed by atoms with van der Waals surface area (Å²) in [6.07, 6.45) is 1.61. The van der Waals surface area contributed by atoms with Crippen molar-refractivity contribution in [2.45, 2.75) is 0 Å². The molecule has 0 bridgehead atoms. The fraction of sp³-hybridized carbons (Fsp3) is 0. The van der Waals surface area contributed by atoms with E-state index < -0.39 is 0 Å². The molecular formula is C16H8Cl2FNOS2. The summed E-state index contributed by atoms with van der Waals surface area (Å²) in [5, 5.41) is 0.825. The highest BCUT2D eigenvalue weighted by atomic mass is 35.5. The number of anilines is 1. The summed E-state index contributed by atoms with van der Waals surface area (Å²) in [4.78, 5) is 14.4. The molecule has 116 valence electrons. The van der Waals surface area contributed by atoms with Gasteiger partial charge in [0.1, 0.15) is 5.82 Å². The maximum atomic E-state index is 13.3. The number of thioether (sulfide) groups is 1. The maximum Gasteiger partial charge on any atom is 0.270 e. The Kier molecular flexibility index (Phi) is 4.73. The van der Waals surface area contributed by atoms with Gasteiger partial charge in [-0.1, -0.05) is 59.3 Å². The fourth-order valence-electron chi connectivity index (χ4n) is 2.11. The standard InChI is InChI=1S/C16H8Cl2FNOS2/c17-10-6-11(18)8-13(7-10)20-15(21)14(23-16(20)22)5-9-2-1-3-12(19)4-9/h1-8H/b14-5-. The highest BCUT2D eigenvalue weighted by molar-refractivity contribution is 8.27. The van der Waals surface area contributed by atoms with E-state index >= 15 is 0 Å². The number of rotatable bonds is 2. The van der Waals surface area contributed by atoms with Crippen molar-refractivity contribution in [2.75, 3.05) is 4.90 Å². The van der Waals surface area contributed by atoms with Crippen LogP contribution in [0.2, 0.25) is 10.0 Å². The molecule has 1 fully saturated rings. The first-order chi connectivity index (χ1) is 10.9. The summed E-state index contributed by atoms with van der Waals surface area (Å²) in [6, 6.07) is 10.8. The van der Waals surface area contributed by atoms with Crippen molar-refractivity contribution in [3.8, 4) is 0 Å². The highest BCUT2D eigenvalue weighted by Gasteiger charge is 2.33. The zero-order valence-electron chi connectivity index (χ0n) is 11.4. The lowest BCUT2D eigenvalue weighted by Crippen LogP contribution is -2.27. The Morgan fingerprint density at radius 1 is 1.13 bits per heavy atom. The molecule has 2 nitrogen and oxygen atoms in total. The number of benzene rings is 2. The van der Waals surface area contributed by atoms with Gasteiger partial charge in [0, 0.05) is 10.0 Å². The van der Waals surface area contributed by atoms with Crippen LogP contribution in [-0.2, 0) is 4.79 Å². The molecule has 0 atom stereocenters. The predicted molar refractivity (Wildman–Crippen MR) is 98.5 cm³/mol. The van der Waals surface area contributed by atoms with E-state index in [-0.39, 0.29) is 11.7 Å². The number of hydrogen-bond donors (Lipinski definition) is 0. The molecule has 7 heteroatoms. The van der Waals surface area contributed by atoms with E-state index in [9.17, 15) is 9.18 Å². The van der Waals surface area contributed by atoms with Crippen LogP contribution in [0, 0.1) is 5.82 Å². The highest BCUT2D eigenvalue weighted by Crippen LogP contribution is 2.37. The largest absolute Gasteiger partial charge is 0.270 e. The monoisotopic (exact) mass is 383 g/mol. The van der Waals surface area contributed by atoms with Gasteiger partial charge < -0.3 is 0 Å². The lowest BCUT2D eigenvalue weighted by Gasteiger charge is -2.15. The summed E-state index contributed by atoms with van der Waals surface area (Å²) in [7, 11) is 0. The average molecular weight is 384 g/mol. The molecule has 0 N–H and O–H groups in total. The van der Waals surface area contributed by atoms with Crippen molar-refractivity contribution in [1.82, 2.24) is 0 Å². The normalized spacial score (nSPS) is 16.5. The number of thiocarbonyl (C=S) groups is 1. The average Bonchev–Trinajstić information content (AvgIpc) is 2.72. The van der Waals surface area contributed by atoms with Crippen molar-refractivity contribution < 1.29 is 9.18 Å². The van der Waals surface area contributed by atoms with Gasteiger partial charge >= 0.3 is 0 Å². The van der Waals surface area contributed by atoms with Crippen molar-refractivity contribution in [3.63, 3.8) is 0 Å². The lowest BCUT2D eigenvalue weighted by molar-refractivity contribution is -0.113. The number of amides is 1. The fourth-order valence-corrected chi connectivity index (χ4v) is 3.92. The number of hydrogen-bond acceptors (Lipinski definition) is 3. The first-order valence-corrected chi connectivity index (χ1v) is 8.42. The van der Waals surface area contributed by atoms with Gasteiger partial charge in [0.15, 0.2) is 4.32 Å². The molecular weight excluding hydrogens is 376 g/mol. The molecule has 2 aromatic carbocycles. The second kappa shape index (κ2) is 6.61. The smallest absolute Gasteiger partial charge is 0.268 e. The Bertz CT molecular complexity index is 833. The summed E-state index contributed by atoms with van der Waals surface area (Å²) in [5.74, 6) is -0.654. The van der Waals surface area contributed by atoms with Crippen LogP contribution in [0.4, 0.5) is 10.1 Å². The summed E-state index contributed by atoms with van der Waals surface area (Å²) in [6.45, 7) is 0. The Morgan fingerprint density at radius 3 is 2.48 bits per heavy atom. The van der Waals surface area contributed by atoms with Crippen molar-refractivity contribution in [1.29, 1.82) is 0 Å². The third kappa shape index (κ3) is 3.58. The van der Waals surface area contributed by atoms with Gasteiger partial charge in [-0.3, -0.25) is 9.69 Å². The molecule has 0 unspecified atom stereocenters. The van der Waals surface area contributed by atoms with E-state index in [0.29, 0.717) is 30.5 Å². The van der Waals surface area contributed by atoms with Crippen LogP contribution >= 0.6 is 47.2 Å². The molecule has 1 saturated heterocycles. The molecule has 1 aliphatic rings. The lowest BCUT2D eigenvalue weighted by atomic mass is 10.2. The van der Waals surface area contributed by atoms with Gasteiger partial charge in [0.2, 0.25) is 0 Å². The summed E-state index contributed by atoms with van der Waals surface area (Å²) >= 11 is 18.4. The van der Waals surface area contributed by atoms with Gasteiger partial charge in [-0.25, -0.2) is 4.39 Å². The van der Waals surface area contributed by atoms with E-state index in [1.54, 1.807) is 36.4 Å². The zero-order chi connectivity index (χ0) is 16.6. The molecule has 1 heterocycles. The van der Waals surface area contributed by atoms with E-state index in [1.165, 1.54) is 17.0 Å². The SMILES string of the molecule is O=C1/C(=C/c2cccc(F)c2)SC(=S)N1c1cc(Cl)cc(Cl)c1. The third-order valence-electron chi connectivity index (χ3n) is 3.05. The minimum Gasteiger partial charge on any atom is -0.268 e. The van der Waals surface area contributed by atoms with Crippen molar-refractivity contribution >= 4 is 69.2 Å². The van der Waals surface area contributed by atoms with Crippen LogP contribution in [0.5, 0.6) is 0 Å². The second-order valence-corrected chi connectivity index (χ2v) is 7.25. The number of carbonyl (C=O) groups is 1. The molecule has 1 amide bonds. The number of nitrogens with zero attached hydrogens (tertiary/aromatic N) is 1. The van der Waals surface area contributed by atoms with E-state index in [0.717, 1.165) is 11.8 Å². The molecule has 2 aromatic rings. The molecule has 23 heavy (non-hydrogen) atoms. The topological polar surface area (TPSA) is 20.3 Å². The Labute approximate surface area is 151 Å². The van der Waals surface area contributed by atoms with Gasteiger partial charge in [-0.2, -0.15) is 0 Å². The van der Waals surface area contributed by atoms with E-state index in [4.69, 9.17) is 35.4 Å². The van der Waals surface area contributed by atoms with Crippen molar-refractivity contribution in [3.05, 3.63) is 68.8 Å². The maximum absolute atomic E-state index is 13.3. The first-order valence-electron chi connectivity index (χ1n) is 6.44.